The summed E-state index contributed by atoms with van der Waals surface area (Å²) in [6.07, 6.45) is 7.04. The van der Waals surface area contributed by atoms with E-state index in [4.69, 9.17) is 11.0 Å². The van der Waals surface area contributed by atoms with E-state index in [-0.39, 0.29) is 58.7 Å². The molecule has 3 amide bonds. The standard InChI is InChI=1S/C22H26N6O4S.C22H24N6O3S/c1-13(2)27-18-8-19(20-4-3-16-7-15(21(23)29)10-26-28(16)20)24-11-17(18)22(30)25-9-14-5-6-33(31,32)12-14;1-14(2)27-19-8-20(21-4-3-17-7-16(9-23)11-26-28(17)21)24-12-18(19)22(29)25-10-15-5-6-32(30,31)13-15/h3-4,7-8,10-11,13-14H,5-6,9,12H2,1-2H3,(H2,23,29)(H,24,27)(H,25,30);3-4,7-8,11-12,14-15H,5-6,10,13H2,1-2H3,(H,24,27)(H,25,29). The van der Waals surface area contributed by atoms with E-state index >= 15 is 0 Å². The Morgan fingerprint density at radius 3 is 1.58 bits per heavy atom. The molecule has 8 rings (SSSR count). The molecule has 0 aliphatic carbocycles. The molecule has 21 heteroatoms. The van der Waals surface area contributed by atoms with Gasteiger partial charge in [-0.05, 0) is 101 Å². The molecule has 2 saturated heterocycles. The molecule has 0 bridgehead atoms. The highest BCUT2D eigenvalue weighted by atomic mass is 32.2. The molecule has 6 N–H and O–H groups in total. The van der Waals surface area contributed by atoms with Crippen LogP contribution in [0.15, 0.2) is 73.3 Å². The van der Waals surface area contributed by atoms with Crippen molar-refractivity contribution in [3.05, 3.63) is 95.6 Å². The Morgan fingerprint density at radius 2 is 1.17 bits per heavy atom. The summed E-state index contributed by atoms with van der Waals surface area (Å²) < 4.78 is 50.0. The molecule has 0 aromatic carbocycles. The number of amides is 3. The molecule has 2 atom stereocenters. The summed E-state index contributed by atoms with van der Waals surface area (Å²) in [6, 6.07) is 16.6. The van der Waals surface area contributed by atoms with Gasteiger partial charge in [-0.25, -0.2) is 25.9 Å². The summed E-state index contributed by atoms with van der Waals surface area (Å²) in [5, 5.41) is 30.0. The number of nitrogens with two attached hydrogens (primary N) is 1. The van der Waals surface area contributed by atoms with Crippen molar-refractivity contribution in [1.29, 1.82) is 5.26 Å². The van der Waals surface area contributed by atoms with Crippen LogP contribution in [0.2, 0.25) is 0 Å². The zero-order chi connectivity index (χ0) is 46.6. The van der Waals surface area contributed by atoms with E-state index < -0.39 is 25.6 Å². The largest absolute Gasteiger partial charge is 0.382 e. The quantitative estimate of drug-likeness (QED) is 0.110. The number of nitrogens with zero attached hydrogens (tertiary/aromatic N) is 7. The maximum atomic E-state index is 12.9. The van der Waals surface area contributed by atoms with Crippen LogP contribution in [0.1, 0.15) is 77.2 Å². The van der Waals surface area contributed by atoms with Crippen LogP contribution in [-0.4, -0.2) is 112 Å². The minimum absolute atomic E-state index is 0.0610. The van der Waals surface area contributed by atoms with E-state index in [9.17, 15) is 31.2 Å². The second-order valence-corrected chi connectivity index (χ2v) is 21.3. The number of anilines is 2. The molecule has 340 valence electrons. The molecular formula is C44H50N12O7S2. The predicted octanol–water partition coefficient (Wildman–Crippen LogP) is 3.73. The summed E-state index contributed by atoms with van der Waals surface area (Å²) in [4.78, 5) is 46.1. The minimum Gasteiger partial charge on any atom is -0.382 e. The topological polar surface area (TPSA) is 278 Å². The molecule has 6 aromatic rings. The van der Waals surface area contributed by atoms with E-state index in [0.29, 0.717) is 82.2 Å². The average molecular weight is 923 g/mol. The fourth-order valence-corrected chi connectivity index (χ4v) is 11.5. The van der Waals surface area contributed by atoms with Crippen molar-refractivity contribution >= 4 is 59.8 Å². The first-order valence-corrected chi connectivity index (χ1v) is 24.7. The van der Waals surface area contributed by atoms with Gasteiger partial charge in [0.05, 0.1) is 103 Å². The lowest BCUT2D eigenvalue weighted by atomic mass is 10.1. The van der Waals surface area contributed by atoms with Crippen molar-refractivity contribution in [3.8, 4) is 28.8 Å². The molecule has 2 fully saturated rings. The molecule has 8 heterocycles. The highest BCUT2D eigenvalue weighted by molar-refractivity contribution is 7.91. The lowest BCUT2D eigenvalue weighted by molar-refractivity contribution is 0.0940. The van der Waals surface area contributed by atoms with Crippen molar-refractivity contribution in [3.63, 3.8) is 0 Å². The fraction of sp³-hybridized carbons (Fsp3) is 0.364. The third-order valence-electron chi connectivity index (χ3n) is 10.9. The SMILES string of the molecule is CC(C)Nc1cc(-c2ccc3cc(C#N)cnn23)ncc1C(=O)NCC1CCS(=O)(=O)C1.CC(C)Nc1cc(-c2ccc3cc(C(N)=O)cnn23)ncc1C(=O)NCC1CCS(=O)(=O)C1. The van der Waals surface area contributed by atoms with Crippen LogP contribution >= 0.6 is 0 Å². The highest BCUT2D eigenvalue weighted by Gasteiger charge is 2.30. The number of hydrogen-bond acceptors (Lipinski definition) is 14. The highest BCUT2D eigenvalue weighted by Crippen LogP contribution is 2.28. The Labute approximate surface area is 376 Å². The molecule has 0 radical (unpaired) electrons. The number of primary amides is 1. The maximum absolute atomic E-state index is 12.9. The first-order chi connectivity index (χ1) is 30.9. The third kappa shape index (κ3) is 11.1. The summed E-state index contributed by atoms with van der Waals surface area (Å²) in [6.45, 7) is 8.49. The monoisotopic (exact) mass is 922 g/mol. The number of aromatic nitrogens is 6. The fourth-order valence-electron chi connectivity index (χ4n) is 7.73. The number of carbonyl (C=O) groups excluding carboxylic acids is 3. The third-order valence-corrected chi connectivity index (χ3v) is 14.6. The second-order valence-electron chi connectivity index (χ2n) is 16.9. The number of hydrogen-bond donors (Lipinski definition) is 5. The van der Waals surface area contributed by atoms with Crippen LogP contribution in [-0.2, 0) is 19.7 Å². The van der Waals surface area contributed by atoms with Gasteiger partial charge in [-0.2, -0.15) is 15.5 Å². The zero-order valence-corrected chi connectivity index (χ0v) is 37.9. The predicted molar refractivity (Wildman–Crippen MR) is 246 cm³/mol. The normalized spacial score (nSPS) is 17.4. The number of sulfone groups is 2. The first-order valence-electron chi connectivity index (χ1n) is 21.0. The molecule has 2 unspecified atom stereocenters. The number of pyridine rings is 2. The molecule has 2 aliphatic heterocycles. The van der Waals surface area contributed by atoms with E-state index in [1.807, 2.05) is 52.0 Å². The van der Waals surface area contributed by atoms with Gasteiger partial charge in [-0.15, -0.1) is 0 Å². The van der Waals surface area contributed by atoms with Crippen molar-refractivity contribution in [2.45, 2.75) is 52.6 Å². The molecule has 6 aromatic heterocycles. The van der Waals surface area contributed by atoms with Crippen LogP contribution in [0.4, 0.5) is 11.4 Å². The van der Waals surface area contributed by atoms with E-state index in [2.05, 4.69) is 47.5 Å². The van der Waals surface area contributed by atoms with Gasteiger partial charge < -0.3 is 27.0 Å². The van der Waals surface area contributed by atoms with E-state index in [1.54, 1.807) is 33.3 Å². The summed E-state index contributed by atoms with van der Waals surface area (Å²) >= 11 is 0. The Morgan fingerprint density at radius 1 is 0.708 bits per heavy atom. The van der Waals surface area contributed by atoms with Crippen LogP contribution in [0, 0.1) is 23.2 Å². The lowest BCUT2D eigenvalue weighted by Crippen LogP contribution is -2.31. The molecular weight excluding hydrogens is 873 g/mol. The van der Waals surface area contributed by atoms with Gasteiger partial charge in [0.1, 0.15) is 6.07 Å². The molecule has 65 heavy (non-hydrogen) atoms. The number of nitriles is 1. The maximum Gasteiger partial charge on any atom is 0.254 e. The Balaban J connectivity index is 0.000000194. The van der Waals surface area contributed by atoms with Gasteiger partial charge in [0.2, 0.25) is 5.91 Å². The van der Waals surface area contributed by atoms with Gasteiger partial charge in [0, 0.05) is 37.6 Å². The number of rotatable bonds is 13. The van der Waals surface area contributed by atoms with Crippen molar-refractivity contribution in [2.24, 2.45) is 17.6 Å². The minimum atomic E-state index is -3.00. The van der Waals surface area contributed by atoms with Gasteiger partial charge in [-0.3, -0.25) is 24.4 Å². The van der Waals surface area contributed by atoms with Gasteiger partial charge >= 0.3 is 0 Å². The van der Waals surface area contributed by atoms with Gasteiger partial charge in [0.25, 0.3) is 11.8 Å². The molecule has 19 nitrogen and oxygen atoms in total. The van der Waals surface area contributed by atoms with Gasteiger partial charge in [-0.1, -0.05) is 0 Å². The first kappa shape index (κ1) is 46.1. The van der Waals surface area contributed by atoms with Crippen LogP contribution in [0.25, 0.3) is 33.8 Å². The smallest absolute Gasteiger partial charge is 0.254 e. The number of nitrogens with one attached hydrogen (secondary N) is 4. The molecule has 0 spiro atoms. The number of fused-ring (bicyclic) bond motifs is 2. The van der Waals surface area contributed by atoms with Crippen molar-refractivity contribution < 1.29 is 31.2 Å². The summed E-state index contributed by atoms with van der Waals surface area (Å²) in [5.41, 5.74) is 12.2. The molecule has 0 saturated carbocycles. The zero-order valence-electron chi connectivity index (χ0n) is 36.3. The summed E-state index contributed by atoms with van der Waals surface area (Å²) in [7, 11) is -5.99. The Kier molecular flexibility index (Phi) is 13.5. The van der Waals surface area contributed by atoms with Gasteiger partial charge in [0.15, 0.2) is 19.7 Å². The average Bonchev–Trinajstić information content (AvgIpc) is 4.05. The van der Waals surface area contributed by atoms with Crippen LogP contribution in [0.3, 0.4) is 0 Å². The Bertz CT molecular complexity index is 3070. The van der Waals surface area contributed by atoms with E-state index in [1.165, 1.54) is 24.8 Å². The lowest BCUT2D eigenvalue weighted by Gasteiger charge is -2.16. The second kappa shape index (κ2) is 19.0. The summed E-state index contributed by atoms with van der Waals surface area (Å²) in [5.74, 6) is -0.732. The number of carbonyl (C=O) groups is 3. The Hall–Kier alpha value is -6.92. The van der Waals surface area contributed by atoms with Crippen molar-refractivity contribution in [2.75, 3.05) is 46.7 Å². The van der Waals surface area contributed by atoms with E-state index in [0.717, 1.165) is 11.2 Å². The van der Waals surface area contributed by atoms with Crippen LogP contribution < -0.4 is 27.0 Å². The molecule has 2 aliphatic rings. The van der Waals surface area contributed by atoms with Crippen molar-refractivity contribution in [1.82, 2.24) is 39.8 Å². The van der Waals surface area contributed by atoms with Crippen LogP contribution in [0.5, 0.6) is 0 Å².